The Morgan fingerprint density at radius 1 is 1.12 bits per heavy atom. The third kappa shape index (κ3) is 4.41. The van der Waals surface area contributed by atoms with Crippen LogP contribution in [0.4, 0.5) is 0 Å². The third-order valence-corrected chi connectivity index (χ3v) is 6.10. The number of benzene rings is 2. The smallest absolute Gasteiger partial charge is 0.230 e. The summed E-state index contributed by atoms with van der Waals surface area (Å²) in [7, 11) is 1.60. The van der Waals surface area contributed by atoms with Crippen LogP contribution in [0, 0.1) is 17.2 Å². The van der Waals surface area contributed by atoms with E-state index in [1.165, 1.54) is 6.33 Å². The van der Waals surface area contributed by atoms with Crippen LogP contribution < -0.4 is 19.5 Å². The van der Waals surface area contributed by atoms with Crippen LogP contribution >= 0.6 is 0 Å². The van der Waals surface area contributed by atoms with Crippen molar-refractivity contribution in [3.05, 3.63) is 48.9 Å². The first-order valence-electron chi connectivity index (χ1n) is 11.1. The van der Waals surface area contributed by atoms with Gasteiger partial charge in [-0.3, -0.25) is 0 Å². The minimum absolute atomic E-state index is 0.200. The number of rotatable bonds is 7. The molecule has 0 aliphatic carbocycles. The molecule has 2 N–H and O–H groups in total. The topological polar surface area (TPSA) is 105 Å². The van der Waals surface area contributed by atoms with E-state index in [2.05, 4.69) is 26.3 Å². The van der Waals surface area contributed by atoms with Crippen molar-refractivity contribution in [2.75, 3.05) is 20.2 Å². The highest BCUT2D eigenvalue weighted by molar-refractivity contribution is 5.87. The van der Waals surface area contributed by atoms with Crippen molar-refractivity contribution in [1.82, 2.24) is 20.3 Å². The molecule has 3 heterocycles. The van der Waals surface area contributed by atoms with E-state index in [0.717, 1.165) is 42.2 Å². The van der Waals surface area contributed by atoms with Crippen LogP contribution in [-0.2, 0) is 0 Å². The van der Waals surface area contributed by atoms with Gasteiger partial charge in [-0.2, -0.15) is 5.26 Å². The van der Waals surface area contributed by atoms with Crippen molar-refractivity contribution in [3.8, 4) is 29.2 Å². The van der Waals surface area contributed by atoms with Crippen molar-refractivity contribution in [2.45, 2.75) is 25.4 Å². The molecule has 0 spiro atoms. The summed E-state index contributed by atoms with van der Waals surface area (Å²) >= 11 is 0. The van der Waals surface area contributed by atoms with Crippen LogP contribution in [0.25, 0.3) is 21.8 Å². The van der Waals surface area contributed by atoms with Crippen LogP contribution in [0.2, 0.25) is 0 Å². The summed E-state index contributed by atoms with van der Waals surface area (Å²) in [4.78, 5) is 11.9. The highest BCUT2D eigenvalue weighted by Crippen LogP contribution is 2.38. The van der Waals surface area contributed by atoms with E-state index in [9.17, 15) is 5.26 Å². The minimum Gasteiger partial charge on any atom is -0.493 e. The summed E-state index contributed by atoms with van der Waals surface area (Å²) in [5, 5.41) is 14.5. The Hall–Kier alpha value is -3.83. The van der Waals surface area contributed by atoms with Crippen LogP contribution in [0.1, 0.15) is 19.3 Å². The molecule has 2 aromatic heterocycles. The van der Waals surface area contributed by atoms with Crippen molar-refractivity contribution in [3.63, 3.8) is 0 Å². The third-order valence-electron chi connectivity index (χ3n) is 6.10. The monoisotopic (exact) mass is 443 g/mol. The molecule has 1 saturated heterocycles. The van der Waals surface area contributed by atoms with Gasteiger partial charge in [0.1, 0.15) is 18.2 Å². The lowest BCUT2D eigenvalue weighted by Crippen LogP contribution is -2.36. The number of nitrogens with one attached hydrogen (secondary N) is 2. The molecule has 1 fully saturated rings. The first-order valence-corrected chi connectivity index (χ1v) is 11.1. The number of nitrogens with zero attached hydrogens (tertiary/aromatic N) is 3. The van der Waals surface area contributed by atoms with Gasteiger partial charge in [-0.05, 0) is 62.2 Å². The Labute approximate surface area is 191 Å². The number of nitriles is 1. The van der Waals surface area contributed by atoms with E-state index in [4.69, 9.17) is 14.2 Å². The van der Waals surface area contributed by atoms with Gasteiger partial charge >= 0.3 is 0 Å². The van der Waals surface area contributed by atoms with Gasteiger partial charge in [-0.1, -0.05) is 0 Å². The second kappa shape index (κ2) is 9.35. The second-order valence-electron chi connectivity index (χ2n) is 8.13. The number of methoxy groups -OCH3 is 1. The standard InChI is InChI=1S/C25H25N5O3/c1-31-23-13-19-21(14-24(23)33-22(4-8-26)16-5-9-27-10-6-16)29-15-30-25(19)32-18-2-3-20-17(12-18)7-11-28-20/h2-3,7,11-16,22,27-28H,4-6,9-10H2,1H3. The number of aromatic amines is 1. The van der Waals surface area contributed by atoms with Crippen molar-refractivity contribution in [2.24, 2.45) is 5.92 Å². The van der Waals surface area contributed by atoms with Crippen LogP contribution in [0.3, 0.4) is 0 Å². The molecule has 1 atom stereocenters. The number of hydrogen-bond acceptors (Lipinski definition) is 7. The number of H-pyrrole nitrogens is 1. The highest BCUT2D eigenvalue weighted by atomic mass is 16.5. The van der Waals surface area contributed by atoms with Crippen molar-refractivity contribution < 1.29 is 14.2 Å². The number of hydrogen-bond donors (Lipinski definition) is 2. The molecule has 5 rings (SSSR count). The first-order chi connectivity index (χ1) is 16.2. The lowest BCUT2D eigenvalue weighted by atomic mass is 9.90. The Morgan fingerprint density at radius 2 is 2.00 bits per heavy atom. The Kier molecular flexibility index (Phi) is 5.96. The fourth-order valence-corrected chi connectivity index (χ4v) is 4.35. The maximum Gasteiger partial charge on any atom is 0.230 e. The quantitative estimate of drug-likeness (QED) is 0.431. The molecule has 0 bridgehead atoms. The fraction of sp³-hybridized carbons (Fsp3) is 0.320. The molecule has 33 heavy (non-hydrogen) atoms. The number of ether oxygens (including phenoxy) is 3. The second-order valence-corrected chi connectivity index (χ2v) is 8.13. The van der Waals surface area contributed by atoms with Gasteiger partial charge in [-0.15, -0.1) is 0 Å². The van der Waals surface area contributed by atoms with Crippen LogP contribution in [0.15, 0.2) is 48.9 Å². The molecule has 168 valence electrons. The number of aromatic nitrogens is 3. The minimum atomic E-state index is -0.200. The molecule has 1 unspecified atom stereocenters. The lowest BCUT2D eigenvalue weighted by molar-refractivity contribution is 0.112. The highest BCUT2D eigenvalue weighted by Gasteiger charge is 2.26. The predicted octanol–water partition coefficient (Wildman–Crippen LogP) is 4.57. The maximum atomic E-state index is 9.36. The lowest BCUT2D eigenvalue weighted by Gasteiger charge is -2.30. The maximum absolute atomic E-state index is 9.36. The number of piperidine rings is 1. The van der Waals surface area contributed by atoms with Gasteiger partial charge in [0.25, 0.3) is 0 Å². The van der Waals surface area contributed by atoms with Crippen molar-refractivity contribution >= 4 is 21.8 Å². The van der Waals surface area contributed by atoms with Gasteiger partial charge in [0.2, 0.25) is 5.88 Å². The van der Waals surface area contributed by atoms with E-state index >= 15 is 0 Å². The predicted molar refractivity (Wildman–Crippen MR) is 125 cm³/mol. The zero-order chi connectivity index (χ0) is 22.6. The van der Waals surface area contributed by atoms with E-state index in [1.54, 1.807) is 7.11 Å². The number of fused-ring (bicyclic) bond motifs is 2. The Balaban J connectivity index is 1.46. The Morgan fingerprint density at radius 3 is 2.82 bits per heavy atom. The molecule has 1 aliphatic heterocycles. The van der Waals surface area contributed by atoms with Gasteiger partial charge in [0.15, 0.2) is 11.5 Å². The normalized spacial score (nSPS) is 15.3. The van der Waals surface area contributed by atoms with Crippen LogP contribution in [0.5, 0.6) is 23.1 Å². The molecule has 8 nitrogen and oxygen atoms in total. The summed E-state index contributed by atoms with van der Waals surface area (Å²) in [6.45, 7) is 1.88. The Bertz CT molecular complexity index is 1310. The molecule has 0 saturated carbocycles. The zero-order valence-electron chi connectivity index (χ0n) is 18.4. The summed E-state index contributed by atoms with van der Waals surface area (Å²) in [5.41, 5.74) is 1.72. The van der Waals surface area contributed by atoms with Gasteiger partial charge < -0.3 is 24.5 Å². The molecule has 1 aliphatic rings. The largest absolute Gasteiger partial charge is 0.493 e. The van der Waals surface area contributed by atoms with Gasteiger partial charge in [-0.25, -0.2) is 9.97 Å². The van der Waals surface area contributed by atoms with E-state index in [0.29, 0.717) is 41.0 Å². The molecule has 2 aromatic carbocycles. The molecule has 4 aromatic rings. The summed E-state index contributed by atoms with van der Waals surface area (Å²) in [6, 6.07) is 13.8. The molecule has 8 heteroatoms. The summed E-state index contributed by atoms with van der Waals surface area (Å²) in [6.07, 6.45) is 5.45. The molecular weight excluding hydrogens is 418 g/mol. The summed E-state index contributed by atoms with van der Waals surface area (Å²) < 4.78 is 18.1. The van der Waals surface area contributed by atoms with E-state index in [-0.39, 0.29) is 6.10 Å². The van der Waals surface area contributed by atoms with Crippen molar-refractivity contribution in [1.29, 1.82) is 5.26 Å². The van der Waals surface area contributed by atoms with Gasteiger partial charge in [0, 0.05) is 23.2 Å². The zero-order valence-corrected chi connectivity index (χ0v) is 18.4. The van der Waals surface area contributed by atoms with Crippen LogP contribution in [-0.4, -0.2) is 41.3 Å². The molecular formula is C25H25N5O3. The van der Waals surface area contributed by atoms with E-state index < -0.39 is 0 Å². The average molecular weight is 444 g/mol. The molecule has 0 radical (unpaired) electrons. The first kappa shape index (κ1) is 21.0. The SMILES string of the molecule is COc1cc2c(Oc3ccc4[nH]ccc4c3)ncnc2cc1OC(CC#N)C1CCNCC1. The summed E-state index contributed by atoms with van der Waals surface area (Å²) in [5.74, 6) is 2.56. The fourth-order valence-electron chi connectivity index (χ4n) is 4.35. The average Bonchev–Trinajstić information content (AvgIpc) is 3.32. The van der Waals surface area contributed by atoms with Gasteiger partial charge in [0.05, 0.1) is 30.5 Å². The molecule has 0 amide bonds. The van der Waals surface area contributed by atoms with E-state index in [1.807, 2.05) is 42.6 Å².